The Labute approximate surface area is 82.2 Å². The van der Waals surface area contributed by atoms with Gasteiger partial charge in [0.05, 0.1) is 18.8 Å². The minimum atomic E-state index is 0.458. The average Bonchev–Trinajstić information content (AvgIpc) is 2.76. The largest absolute Gasteiger partial charge is 0.328 e. The molecular formula is C9H13N5. The van der Waals surface area contributed by atoms with Crippen LogP contribution in [0.15, 0.2) is 24.7 Å². The summed E-state index contributed by atoms with van der Waals surface area (Å²) in [5.74, 6) is 0.885. The van der Waals surface area contributed by atoms with Gasteiger partial charge in [-0.1, -0.05) is 0 Å². The summed E-state index contributed by atoms with van der Waals surface area (Å²) >= 11 is 0. The number of hydrogen-bond acceptors (Lipinski definition) is 3. The molecule has 74 valence electrons. The van der Waals surface area contributed by atoms with E-state index in [-0.39, 0.29) is 0 Å². The summed E-state index contributed by atoms with van der Waals surface area (Å²) < 4.78 is 3.79. The van der Waals surface area contributed by atoms with Crippen molar-refractivity contribution >= 4 is 0 Å². The van der Waals surface area contributed by atoms with E-state index in [0.29, 0.717) is 6.54 Å². The van der Waals surface area contributed by atoms with E-state index in [1.165, 1.54) is 0 Å². The fourth-order valence-electron chi connectivity index (χ4n) is 1.40. The number of hydrogen-bond donors (Lipinski definition) is 1. The van der Waals surface area contributed by atoms with Crippen LogP contribution in [0, 0.1) is 0 Å². The summed E-state index contributed by atoms with van der Waals surface area (Å²) in [5, 5.41) is 4.29. The van der Waals surface area contributed by atoms with Gasteiger partial charge in [-0.25, -0.2) is 4.98 Å². The highest BCUT2D eigenvalue weighted by atomic mass is 15.3. The first-order valence-corrected chi connectivity index (χ1v) is 4.48. The molecule has 0 saturated carbocycles. The molecule has 5 nitrogen and oxygen atoms in total. The maximum Gasteiger partial charge on any atom is 0.122 e. The van der Waals surface area contributed by atoms with Gasteiger partial charge in [0.15, 0.2) is 0 Å². The summed E-state index contributed by atoms with van der Waals surface area (Å²) in [7, 11) is 1.90. The second-order valence-corrected chi connectivity index (χ2v) is 3.16. The fraction of sp³-hybridized carbons (Fsp3) is 0.333. The lowest BCUT2D eigenvalue weighted by molar-refractivity contribution is 0.678. The third-order valence-electron chi connectivity index (χ3n) is 2.09. The molecule has 0 aromatic carbocycles. The highest BCUT2D eigenvalue weighted by Crippen LogP contribution is 2.02. The molecule has 0 aliphatic heterocycles. The van der Waals surface area contributed by atoms with Gasteiger partial charge in [-0.05, 0) is 6.07 Å². The van der Waals surface area contributed by atoms with E-state index in [9.17, 15) is 0 Å². The van der Waals surface area contributed by atoms with Gasteiger partial charge in [0.2, 0.25) is 0 Å². The van der Waals surface area contributed by atoms with Gasteiger partial charge in [0, 0.05) is 25.6 Å². The Kier molecular flexibility index (Phi) is 2.32. The molecule has 2 aromatic rings. The van der Waals surface area contributed by atoms with Crippen molar-refractivity contribution in [2.75, 3.05) is 0 Å². The van der Waals surface area contributed by atoms with E-state index in [1.54, 1.807) is 10.9 Å². The predicted molar refractivity (Wildman–Crippen MR) is 52.4 cm³/mol. The van der Waals surface area contributed by atoms with Gasteiger partial charge in [-0.2, -0.15) is 5.10 Å². The Bertz CT molecular complexity index is 414. The lowest BCUT2D eigenvalue weighted by atomic mass is 10.4. The van der Waals surface area contributed by atoms with Crippen LogP contribution < -0.4 is 5.73 Å². The number of nitrogens with zero attached hydrogens (tertiary/aromatic N) is 4. The Morgan fingerprint density at radius 2 is 2.29 bits per heavy atom. The monoisotopic (exact) mass is 191 g/mol. The highest BCUT2D eigenvalue weighted by molar-refractivity contribution is 5.02. The Morgan fingerprint density at radius 1 is 1.43 bits per heavy atom. The molecule has 0 atom stereocenters. The molecule has 0 saturated heterocycles. The lowest BCUT2D eigenvalue weighted by Crippen LogP contribution is -2.09. The van der Waals surface area contributed by atoms with E-state index in [4.69, 9.17) is 5.73 Å². The van der Waals surface area contributed by atoms with E-state index in [0.717, 1.165) is 18.1 Å². The van der Waals surface area contributed by atoms with Crippen LogP contribution in [0.2, 0.25) is 0 Å². The molecule has 2 heterocycles. The van der Waals surface area contributed by atoms with Crippen molar-refractivity contribution in [1.29, 1.82) is 0 Å². The van der Waals surface area contributed by atoms with Crippen molar-refractivity contribution in [2.24, 2.45) is 12.8 Å². The van der Waals surface area contributed by atoms with E-state index >= 15 is 0 Å². The van der Waals surface area contributed by atoms with Gasteiger partial charge in [-0.15, -0.1) is 0 Å². The summed E-state index contributed by atoms with van der Waals surface area (Å²) in [4.78, 5) is 4.14. The Balaban J connectivity index is 2.18. The molecule has 14 heavy (non-hydrogen) atoms. The minimum absolute atomic E-state index is 0.458. The number of imidazole rings is 1. The van der Waals surface area contributed by atoms with Crippen molar-refractivity contribution in [2.45, 2.75) is 13.1 Å². The Morgan fingerprint density at radius 3 is 2.93 bits per heavy atom. The second kappa shape index (κ2) is 3.63. The van der Waals surface area contributed by atoms with Gasteiger partial charge < -0.3 is 10.3 Å². The molecule has 0 unspecified atom stereocenters. The topological polar surface area (TPSA) is 61.7 Å². The van der Waals surface area contributed by atoms with Crippen LogP contribution in [0.25, 0.3) is 0 Å². The predicted octanol–water partition coefficient (Wildman–Crippen LogP) is 0.124. The zero-order valence-electron chi connectivity index (χ0n) is 8.09. The molecule has 2 N–H and O–H groups in total. The zero-order valence-corrected chi connectivity index (χ0v) is 8.09. The molecule has 0 bridgehead atoms. The Hall–Kier alpha value is -1.62. The van der Waals surface area contributed by atoms with Crippen LogP contribution in [0.3, 0.4) is 0 Å². The van der Waals surface area contributed by atoms with Gasteiger partial charge in [-0.3, -0.25) is 4.68 Å². The van der Waals surface area contributed by atoms with Crippen molar-refractivity contribution in [3.63, 3.8) is 0 Å². The molecule has 0 fully saturated rings. The molecule has 0 spiro atoms. The van der Waals surface area contributed by atoms with Crippen LogP contribution in [-0.4, -0.2) is 19.3 Å². The molecular weight excluding hydrogens is 178 g/mol. The first kappa shape index (κ1) is 8.96. The number of rotatable bonds is 3. The van der Waals surface area contributed by atoms with E-state index in [2.05, 4.69) is 10.1 Å². The smallest absolute Gasteiger partial charge is 0.122 e. The van der Waals surface area contributed by atoms with Crippen LogP contribution >= 0.6 is 0 Å². The summed E-state index contributed by atoms with van der Waals surface area (Å²) in [6, 6.07) is 1.99. The SMILES string of the molecule is Cn1ccc(Cn2ccnc2CN)n1. The molecule has 0 aliphatic carbocycles. The normalized spacial score (nSPS) is 10.7. The maximum absolute atomic E-state index is 5.54. The standard InChI is InChI=1S/C9H13N5/c1-13-4-2-8(12-13)7-14-5-3-11-9(14)6-10/h2-5H,6-7,10H2,1H3. The van der Waals surface area contributed by atoms with Crippen LogP contribution in [0.4, 0.5) is 0 Å². The summed E-state index contributed by atoms with van der Waals surface area (Å²) in [6.07, 6.45) is 5.59. The third-order valence-corrected chi connectivity index (χ3v) is 2.09. The maximum atomic E-state index is 5.54. The molecule has 2 aromatic heterocycles. The van der Waals surface area contributed by atoms with Crippen LogP contribution in [0.5, 0.6) is 0 Å². The van der Waals surface area contributed by atoms with Gasteiger partial charge in [0.25, 0.3) is 0 Å². The minimum Gasteiger partial charge on any atom is -0.328 e. The summed E-state index contributed by atoms with van der Waals surface area (Å²) in [5.41, 5.74) is 6.56. The van der Waals surface area contributed by atoms with Gasteiger partial charge in [0.1, 0.15) is 5.82 Å². The van der Waals surface area contributed by atoms with Gasteiger partial charge >= 0.3 is 0 Å². The van der Waals surface area contributed by atoms with Crippen molar-refractivity contribution < 1.29 is 0 Å². The number of aromatic nitrogens is 4. The first-order chi connectivity index (χ1) is 6.79. The molecule has 5 heteroatoms. The quantitative estimate of drug-likeness (QED) is 0.749. The van der Waals surface area contributed by atoms with E-state index in [1.807, 2.05) is 30.1 Å². The van der Waals surface area contributed by atoms with Crippen LogP contribution in [0.1, 0.15) is 11.5 Å². The van der Waals surface area contributed by atoms with Crippen molar-refractivity contribution in [1.82, 2.24) is 19.3 Å². The first-order valence-electron chi connectivity index (χ1n) is 4.48. The second-order valence-electron chi connectivity index (χ2n) is 3.16. The average molecular weight is 191 g/mol. The molecule has 0 amide bonds. The van der Waals surface area contributed by atoms with E-state index < -0.39 is 0 Å². The zero-order chi connectivity index (χ0) is 9.97. The highest BCUT2D eigenvalue weighted by Gasteiger charge is 2.02. The lowest BCUT2D eigenvalue weighted by Gasteiger charge is -2.02. The van der Waals surface area contributed by atoms with Crippen molar-refractivity contribution in [3.8, 4) is 0 Å². The molecule has 2 rings (SSSR count). The molecule has 0 radical (unpaired) electrons. The number of aryl methyl sites for hydroxylation is 1. The summed E-state index contributed by atoms with van der Waals surface area (Å²) in [6.45, 7) is 1.19. The fourth-order valence-corrected chi connectivity index (χ4v) is 1.40. The van der Waals surface area contributed by atoms with Crippen LogP contribution in [-0.2, 0) is 20.1 Å². The number of nitrogens with two attached hydrogens (primary N) is 1. The third kappa shape index (κ3) is 1.67. The molecule has 0 aliphatic rings. The van der Waals surface area contributed by atoms with Crippen molar-refractivity contribution in [3.05, 3.63) is 36.2 Å².